The third kappa shape index (κ3) is 5.61. The highest BCUT2D eigenvalue weighted by molar-refractivity contribution is 5.86. The van der Waals surface area contributed by atoms with Gasteiger partial charge in [-0.2, -0.15) is 0 Å². The van der Waals surface area contributed by atoms with Gasteiger partial charge in [-0.15, -0.1) is 0 Å². The first kappa shape index (κ1) is 21.1. The van der Waals surface area contributed by atoms with Gasteiger partial charge in [-0.25, -0.2) is 4.79 Å². The van der Waals surface area contributed by atoms with Crippen molar-refractivity contribution in [2.45, 2.75) is 57.9 Å². The second kappa shape index (κ2) is 10.2. The Balaban J connectivity index is 1.95. The van der Waals surface area contributed by atoms with Crippen molar-refractivity contribution in [2.24, 2.45) is 11.6 Å². The lowest BCUT2D eigenvalue weighted by molar-refractivity contribution is -0.133. The number of carbonyl (C=O) groups is 1. The molecule has 7 nitrogen and oxygen atoms in total. The summed E-state index contributed by atoms with van der Waals surface area (Å²) in [7, 11) is 0. The first-order valence-electron chi connectivity index (χ1n) is 9.71. The van der Waals surface area contributed by atoms with Crippen LogP contribution in [0.5, 0.6) is 5.75 Å². The highest BCUT2D eigenvalue weighted by Gasteiger charge is 2.25. The summed E-state index contributed by atoms with van der Waals surface area (Å²) in [5.74, 6) is 4.66. The number of nitrogens with one attached hydrogen (secondary N) is 1. The molecular weight excluding hydrogens is 344 g/mol. The first-order valence-corrected chi connectivity index (χ1v) is 9.71. The van der Waals surface area contributed by atoms with Gasteiger partial charge in [-0.3, -0.25) is 5.84 Å². The number of aliphatic carboxylic acids is 1. The fraction of sp³-hybridized carbons (Fsp3) is 0.550. The molecule has 0 spiro atoms. The summed E-state index contributed by atoms with van der Waals surface area (Å²) in [6, 6.07) is 8.41. The summed E-state index contributed by atoms with van der Waals surface area (Å²) in [6.07, 6.45) is 6.05. The van der Waals surface area contributed by atoms with E-state index >= 15 is 0 Å². The summed E-state index contributed by atoms with van der Waals surface area (Å²) >= 11 is 0. The Morgan fingerprint density at radius 1 is 1.22 bits per heavy atom. The van der Waals surface area contributed by atoms with E-state index in [1.165, 1.54) is 44.2 Å². The van der Waals surface area contributed by atoms with Crippen LogP contribution in [0.3, 0.4) is 0 Å². The van der Waals surface area contributed by atoms with Crippen LogP contribution in [0.15, 0.2) is 35.8 Å². The molecule has 0 aromatic heterocycles. The van der Waals surface area contributed by atoms with Crippen molar-refractivity contribution in [3.8, 4) is 5.75 Å². The van der Waals surface area contributed by atoms with Crippen LogP contribution in [0.4, 0.5) is 0 Å². The van der Waals surface area contributed by atoms with Gasteiger partial charge in [0, 0.05) is 6.04 Å². The number of hydrogen-bond acceptors (Lipinski definition) is 6. The predicted octanol–water partition coefficient (Wildman–Crippen LogP) is 2.50. The highest BCUT2D eigenvalue weighted by atomic mass is 16.5. The molecule has 1 aliphatic rings. The molecule has 0 heterocycles. The Morgan fingerprint density at radius 2 is 1.85 bits per heavy atom. The monoisotopic (exact) mass is 376 g/mol. The van der Waals surface area contributed by atoms with Gasteiger partial charge in [0.1, 0.15) is 5.75 Å². The van der Waals surface area contributed by atoms with Crippen LogP contribution in [0.1, 0.15) is 57.4 Å². The molecule has 0 unspecified atom stereocenters. The zero-order chi connectivity index (χ0) is 19.8. The van der Waals surface area contributed by atoms with Crippen molar-refractivity contribution >= 4 is 5.97 Å². The standard InChI is InChI=1S/C20H32N4O3/c1-3-13-24(4-2)16-9-5-14(6-10-16)15-7-11-17(12-8-15)27-19(21)18(23-22)20(25)26/h7-8,11-12,14,16,23H,3-6,9-10,13,21-22H2,1-2H3,(H,25,26)/b19-18+. The molecule has 1 aromatic carbocycles. The van der Waals surface area contributed by atoms with Crippen LogP contribution in [0.25, 0.3) is 0 Å². The van der Waals surface area contributed by atoms with Crippen LogP contribution >= 0.6 is 0 Å². The van der Waals surface area contributed by atoms with Crippen molar-refractivity contribution in [2.75, 3.05) is 13.1 Å². The van der Waals surface area contributed by atoms with Gasteiger partial charge in [-0.05, 0) is 68.8 Å². The van der Waals surface area contributed by atoms with E-state index in [0.717, 1.165) is 6.54 Å². The van der Waals surface area contributed by atoms with Crippen molar-refractivity contribution in [3.05, 3.63) is 41.4 Å². The zero-order valence-corrected chi connectivity index (χ0v) is 16.3. The Hall–Kier alpha value is -2.25. The fourth-order valence-electron chi connectivity index (χ4n) is 3.88. The van der Waals surface area contributed by atoms with Gasteiger partial charge >= 0.3 is 5.97 Å². The van der Waals surface area contributed by atoms with E-state index in [1.54, 1.807) is 0 Å². The number of rotatable bonds is 9. The van der Waals surface area contributed by atoms with Crippen molar-refractivity contribution in [1.82, 2.24) is 10.3 Å². The average molecular weight is 377 g/mol. The van der Waals surface area contributed by atoms with E-state index in [4.69, 9.17) is 21.4 Å². The summed E-state index contributed by atoms with van der Waals surface area (Å²) in [6.45, 7) is 6.79. The molecule has 150 valence electrons. The Bertz CT molecular complexity index is 637. The maximum Gasteiger partial charge on any atom is 0.358 e. The van der Waals surface area contributed by atoms with Crippen LogP contribution < -0.4 is 21.7 Å². The molecule has 1 fully saturated rings. The number of ether oxygens (including phenoxy) is 1. The number of carboxylic acids is 1. The molecule has 27 heavy (non-hydrogen) atoms. The SMILES string of the molecule is CCCN(CC)C1CCC(c2ccc(O/C(N)=C(/NN)C(=O)O)cc2)CC1. The number of nitrogens with zero attached hydrogens (tertiary/aromatic N) is 1. The Morgan fingerprint density at radius 3 is 2.33 bits per heavy atom. The van der Waals surface area contributed by atoms with E-state index in [1.807, 2.05) is 29.7 Å². The molecule has 0 saturated heterocycles. The van der Waals surface area contributed by atoms with E-state index in [2.05, 4.69) is 18.7 Å². The van der Waals surface area contributed by atoms with Gasteiger partial charge in [0.05, 0.1) is 0 Å². The van der Waals surface area contributed by atoms with Crippen LogP contribution in [-0.4, -0.2) is 35.1 Å². The predicted molar refractivity (Wildman–Crippen MR) is 106 cm³/mol. The highest BCUT2D eigenvalue weighted by Crippen LogP contribution is 2.35. The van der Waals surface area contributed by atoms with Gasteiger partial charge in [0.15, 0.2) is 5.70 Å². The summed E-state index contributed by atoms with van der Waals surface area (Å²) in [4.78, 5) is 13.6. The molecule has 7 heteroatoms. The largest absolute Gasteiger partial charge is 0.476 e. The minimum absolute atomic E-state index is 0.270. The molecule has 2 rings (SSSR count). The van der Waals surface area contributed by atoms with E-state index in [9.17, 15) is 4.79 Å². The summed E-state index contributed by atoms with van der Waals surface area (Å²) < 4.78 is 5.39. The minimum Gasteiger partial charge on any atom is -0.476 e. The van der Waals surface area contributed by atoms with Crippen molar-refractivity contribution in [3.63, 3.8) is 0 Å². The molecule has 1 saturated carbocycles. The molecule has 0 atom stereocenters. The number of hydrogen-bond donors (Lipinski definition) is 4. The minimum atomic E-state index is -1.27. The van der Waals surface area contributed by atoms with Gasteiger partial charge in [0.25, 0.3) is 0 Å². The summed E-state index contributed by atoms with van der Waals surface area (Å²) in [5, 5.41) is 8.98. The molecule has 0 bridgehead atoms. The van der Waals surface area contributed by atoms with E-state index in [0.29, 0.717) is 17.7 Å². The molecule has 0 radical (unpaired) electrons. The van der Waals surface area contributed by atoms with Crippen molar-refractivity contribution < 1.29 is 14.6 Å². The van der Waals surface area contributed by atoms with Gasteiger partial charge in [-0.1, -0.05) is 26.0 Å². The molecule has 1 aliphatic carbocycles. The maximum atomic E-state index is 11.0. The third-order valence-corrected chi connectivity index (χ3v) is 5.31. The molecule has 1 aromatic rings. The van der Waals surface area contributed by atoms with Gasteiger partial charge in [0.2, 0.25) is 5.88 Å². The van der Waals surface area contributed by atoms with Crippen LogP contribution in [-0.2, 0) is 4.79 Å². The first-order chi connectivity index (χ1) is 13.0. The lowest BCUT2D eigenvalue weighted by atomic mass is 9.81. The smallest absolute Gasteiger partial charge is 0.358 e. The normalized spacial score (nSPS) is 20.9. The van der Waals surface area contributed by atoms with Crippen LogP contribution in [0.2, 0.25) is 0 Å². The number of benzene rings is 1. The van der Waals surface area contributed by atoms with Crippen LogP contribution in [0, 0.1) is 0 Å². The molecule has 6 N–H and O–H groups in total. The average Bonchev–Trinajstić information content (AvgIpc) is 2.67. The lowest BCUT2D eigenvalue weighted by Gasteiger charge is -2.36. The van der Waals surface area contributed by atoms with Gasteiger partial charge < -0.3 is 25.9 Å². The van der Waals surface area contributed by atoms with E-state index in [-0.39, 0.29) is 11.6 Å². The lowest BCUT2D eigenvalue weighted by Crippen LogP contribution is -2.38. The molecular formula is C20H32N4O3. The topological polar surface area (TPSA) is 114 Å². The second-order valence-corrected chi connectivity index (χ2v) is 6.99. The Kier molecular flexibility index (Phi) is 7.94. The molecule has 0 aliphatic heterocycles. The zero-order valence-electron chi connectivity index (χ0n) is 16.3. The fourth-order valence-corrected chi connectivity index (χ4v) is 3.88. The summed E-state index contributed by atoms with van der Waals surface area (Å²) in [5.41, 5.74) is 8.61. The number of hydrazine groups is 1. The molecule has 0 amide bonds. The maximum absolute atomic E-state index is 11.0. The Labute approximate surface area is 161 Å². The number of carboxylic acid groups (broad SMARTS) is 1. The quantitative estimate of drug-likeness (QED) is 0.227. The second-order valence-electron chi connectivity index (χ2n) is 6.99. The third-order valence-electron chi connectivity index (χ3n) is 5.31. The number of nitrogens with two attached hydrogens (primary N) is 2. The van der Waals surface area contributed by atoms with E-state index < -0.39 is 5.97 Å². The van der Waals surface area contributed by atoms with Crippen molar-refractivity contribution in [1.29, 1.82) is 0 Å².